The van der Waals surface area contributed by atoms with Crippen LogP contribution in [0.4, 0.5) is 4.79 Å². The molecule has 0 radical (unpaired) electrons. The standard InChI is InChI=1S/C31H36ClN3O5S/c1-18-6-7-27(36)35(29(18)37)17-22-15-26-28(41-22)23(8-9-33-26)25-13-20(32)12-19(2)24(25)14-21-16-34(10-11-39-21)30(38)40-31(3,4)5/h8-9,12-13,15,18,21H,6-7,10-11,14,16-17H2,1-5H3. The summed E-state index contributed by atoms with van der Waals surface area (Å²) in [4.78, 5) is 46.6. The van der Waals surface area contributed by atoms with E-state index in [9.17, 15) is 14.4 Å². The summed E-state index contributed by atoms with van der Waals surface area (Å²) >= 11 is 8.12. The van der Waals surface area contributed by atoms with Gasteiger partial charge in [-0.15, -0.1) is 11.3 Å². The summed E-state index contributed by atoms with van der Waals surface area (Å²) < 4.78 is 12.7. The predicted molar refractivity (Wildman–Crippen MR) is 160 cm³/mol. The van der Waals surface area contributed by atoms with Gasteiger partial charge < -0.3 is 14.4 Å². The molecule has 10 heteroatoms. The van der Waals surface area contributed by atoms with Gasteiger partial charge in [-0.2, -0.15) is 0 Å². The van der Waals surface area contributed by atoms with Crippen LogP contribution in [-0.2, 0) is 32.0 Å². The van der Waals surface area contributed by atoms with Gasteiger partial charge in [-0.05, 0) is 75.1 Å². The van der Waals surface area contributed by atoms with Crippen molar-refractivity contribution in [3.8, 4) is 11.1 Å². The average molecular weight is 598 g/mol. The van der Waals surface area contributed by atoms with Crippen LogP contribution in [0.5, 0.6) is 0 Å². The van der Waals surface area contributed by atoms with E-state index in [0.29, 0.717) is 44.0 Å². The molecule has 3 aromatic rings. The van der Waals surface area contributed by atoms with Crippen LogP contribution in [0, 0.1) is 12.8 Å². The molecule has 2 saturated heterocycles. The van der Waals surface area contributed by atoms with E-state index in [2.05, 4.69) is 4.98 Å². The van der Waals surface area contributed by atoms with E-state index >= 15 is 0 Å². The predicted octanol–water partition coefficient (Wildman–Crippen LogP) is 6.39. The van der Waals surface area contributed by atoms with Crippen molar-refractivity contribution in [2.45, 2.75) is 72.1 Å². The number of carbonyl (C=O) groups is 3. The van der Waals surface area contributed by atoms with E-state index in [1.807, 2.05) is 58.9 Å². The number of benzene rings is 1. The van der Waals surface area contributed by atoms with Crippen LogP contribution in [0.15, 0.2) is 30.5 Å². The zero-order valence-electron chi connectivity index (χ0n) is 24.2. The van der Waals surface area contributed by atoms with Crippen molar-refractivity contribution in [2.24, 2.45) is 5.92 Å². The van der Waals surface area contributed by atoms with Gasteiger partial charge in [0.15, 0.2) is 0 Å². The Morgan fingerprint density at radius 3 is 2.76 bits per heavy atom. The summed E-state index contributed by atoms with van der Waals surface area (Å²) in [5.74, 6) is -0.395. The average Bonchev–Trinajstić information content (AvgIpc) is 3.32. The molecule has 2 aliphatic heterocycles. The number of nitrogens with zero attached hydrogens (tertiary/aromatic N) is 3. The highest BCUT2D eigenvalue weighted by atomic mass is 35.5. The molecule has 0 aliphatic carbocycles. The largest absolute Gasteiger partial charge is 0.444 e. The third-order valence-electron chi connectivity index (χ3n) is 7.51. The lowest BCUT2D eigenvalue weighted by molar-refractivity contribution is -0.151. The molecule has 2 aliphatic rings. The summed E-state index contributed by atoms with van der Waals surface area (Å²) in [5.41, 5.74) is 4.32. The van der Waals surface area contributed by atoms with Crippen LogP contribution in [0.2, 0.25) is 5.02 Å². The summed E-state index contributed by atoms with van der Waals surface area (Å²) in [6.45, 7) is 11.1. The zero-order chi connectivity index (χ0) is 29.5. The lowest BCUT2D eigenvalue weighted by atomic mass is 9.92. The molecule has 1 aromatic carbocycles. The number of fused-ring (bicyclic) bond motifs is 1. The fourth-order valence-electron chi connectivity index (χ4n) is 5.43. The third kappa shape index (κ3) is 6.58. The number of aromatic nitrogens is 1. The van der Waals surface area contributed by atoms with Crippen LogP contribution in [0.1, 0.15) is 56.5 Å². The highest BCUT2D eigenvalue weighted by molar-refractivity contribution is 7.19. The van der Waals surface area contributed by atoms with Gasteiger partial charge in [-0.25, -0.2) is 4.79 Å². The first-order valence-corrected chi connectivity index (χ1v) is 15.2. The molecule has 2 unspecified atom stereocenters. The van der Waals surface area contributed by atoms with E-state index in [1.54, 1.807) is 22.4 Å². The number of thiophene rings is 1. The van der Waals surface area contributed by atoms with Crippen molar-refractivity contribution >= 4 is 51.1 Å². The van der Waals surface area contributed by atoms with Crippen molar-refractivity contribution in [2.75, 3.05) is 19.7 Å². The third-order valence-corrected chi connectivity index (χ3v) is 8.87. The number of hydrogen-bond donors (Lipinski definition) is 0. The van der Waals surface area contributed by atoms with Crippen LogP contribution < -0.4 is 0 Å². The molecule has 2 atom stereocenters. The quantitative estimate of drug-likeness (QED) is 0.317. The summed E-state index contributed by atoms with van der Waals surface area (Å²) in [6.07, 6.45) is 2.82. The number of pyridine rings is 1. The summed E-state index contributed by atoms with van der Waals surface area (Å²) in [6, 6.07) is 7.85. The Hall–Kier alpha value is -3.01. The lowest BCUT2D eigenvalue weighted by Gasteiger charge is -2.34. The highest BCUT2D eigenvalue weighted by Crippen LogP contribution is 2.39. The number of hydrogen-bond acceptors (Lipinski definition) is 7. The first-order chi connectivity index (χ1) is 19.4. The zero-order valence-corrected chi connectivity index (χ0v) is 25.7. The smallest absolute Gasteiger partial charge is 0.410 e. The molecule has 0 spiro atoms. The van der Waals surface area contributed by atoms with Gasteiger partial charge in [0.1, 0.15) is 5.60 Å². The van der Waals surface area contributed by atoms with Crippen LogP contribution in [0.25, 0.3) is 21.3 Å². The number of ether oxygens (including phenoxy) is 2. The second kappa shape index (κ2) is 11.7. The number of carbonyl (C=O) groups excluding carboxylic acids is 3. The van der Waals surface area contributed by atoms with Gasteiger partial charge in [0.2, 0.25) is 11.8 Å². The number of likely N-dealkylation sites (tertiary alicyclic amines) is 1. The molecule has 8 nitrogen and oxygen atoms in total. The SMILES string of the molecule is Cc1cc(Cl)cc(-c2ccnc3cc(CN4C(=O)CCC(C)C4=O)sc23)c1CC1CN(C(=O)OC(C)(C)C)CCO1. The molecule has 2 fully saturated rings. The van der Waals surface area contributed by atoms with E-state index in [1.165, 1.54) is 4.90 Å². The van der Waals surface area contributed by atoms with Gasteiger partial charge in [0, 0.05) is 47.0 Å². The molecule has 41 heavy (non-hydrogen) atoms. The minimum atomic E-state index is -0.566. The number of rotatable bonds is 5. The van der Waals surface area contributed by atoms with Gasteiger partial charge in [-0.1, -0.05) is 18.5 Å². The molecular formula is C31H36ClN3O5S. The summed E-state index contributed by atoms with van der Waals surface area (Å²) in [7, 11) is 0. The van der Waals surface area contributed by atoms with Crippen molar-refractivity contribution in [1.82, 2.24) is 14.8 Å². The maximum Gasteiger partial charge on any atom is 0.410 e. The topological polar surface area (TPSA) is 89.0 Å². The van der Waals surface area contributed by atoms with E-state index in [0.717, 1.165) is 37.3 Å². The molecule has 0 bridgehead atoms. The van der Waals surface area contributed by atoms with E-state index < -0.39 is 5.60 Å². The molecular weight excluding hydrogens is 562 g/mol. The van der Waals surface area contributed by atoms with Gasteiger partial charge in [0.05, 0.1) is 36.0 Å². The molecule has 0 saturated carbocycles. The Morgan fingerprint density at radius 2 is 2.00 bits per heavy atom. The van der Waals surface area contributed by atoms with Crippen molar-refractivity contribution in [3.05, 3.63) is 51.5 Å². The first-order valence-electron chi connectivity index (χ1n) is 14.0. The van der Waals surface area contributed by atoms with Crippen molar-refractivity contribution in [3.63, 3.8) is 0 Å². The molecule has 3 amide bonds. The Bertz CT molecular complexity index is 1500. The summed E-state index contributed by atoms with van der Waals surface area (Å²) in [5, 5.41) is 0.626. The Kier molecular flexibility index (Phi) is 8.41. The molecule has 0 N–H and O–H groups in total. The van der Waals surface area contributed by atoms with Crippen LogP contribution in [0.3, 0.4) is 0 Å². The molecule has 4 heterocycles. The number of morpholine rings is 1. The van der Waals surface area contributed by atoms with E-state index in [-0.39, 0.29) is 36.5 Å². The molecule has 5 rings (SSSR count). The van der Waals surface area contributed by atoms with Crippen molar-refractivity contribution < 1.29 is 23.9 Å². The first kappa shape index (κ1) is 29.5. The van der Waals surface area contributed by atoms with Gasteiger partial charge >= 0.3 is 6.09 Å². The number of halogens is 1. The van der Waals surface area contributed by atoms with Crippen molar-refractivity contribution in [1.29, 1.82) is 0 Å². The monoisotopic (exact) mass is 597 g/mol. The maximum absolute atomic E-state index is 12.7. The maximum atomic E-state index is 12.7. The van der Waals surface area contributed by atoms with Crippen LogP contribution in [-0.4, -0.2) is 64.1 Å². The second-order valence-corrected chi connectivity index (χ2v) is 13.5. The fraction of sp³-hybridized carbons (Fsp3) is 0.484. The van der Waals surface area contributed by atoms with Crippen LogP contribution >= 0.6 is 22.9 Å². The minimum absolute atomic E-state index is 0.118. The fourth-order valence-corrected chi connectivity index (χ4v) is 6.84. The Balaban J connectivity index is 1.45. The highest BCUT2D eigenvalue weighted by Gasteiger charge is 2.32. The molecule has 2 aromatic heterocycles. The van der Waals surface area contributed by atoms with Gasteiger partial charge in [-0.3, -0.25) is 19.5 Å². The second-order valence-electron chi connectivity index (χ2n) is 11.9. The normalized spacial score (nSPS) is 20.1. The molecule has 218 valence electrons. The number of imide groups is 1. The lowest BCUT2D eigenvalue weighted by Crippen LogP contribution is -2.48. The van der Waals surface area contributed by atoms with E-state index in [4.69, 9.17) is 21.1 Å². The number of piperidine rings is 1. The Morgan fingerprint density at radius 1 is 1.22 bits per heavy atom. The van der Waals surface area contributed by atoms with Gasteiger partial charge in [0.25, 0.3) is 0 Å². The Labute approximate surface area is 249 Å². The number of aryl methyl sites for hydroxylation is 1. The number of amides is 3. The minimum Gasteiger partial charge on any atom is -0.444 e.